The quantitative estimate of drug-likeness (QED) is 0.468. The molecule has 4 aliphatic rings. The number of hydrogen-bond donors (Lipinski definition) is 1. The van der Waals surface area contributed by atoms with E-state index in [1.54, 1.807) is 6.08 Å². The molecule has 0 aromatic carbocycles. The van der Waals surface area contributed by atoms with Crippen LogP contribution in [0, 0.1) is 23.2 Å². The Morgan fingerprint density at radius 3 is 2.65 bits per heavy atom. The zero-order valence-electron chi connectivity index (χ0n) is 22.3. The molecule has 1 N–H and O–H groups in total. The number of halogens is 3. The average Bonchev–Trinajstić information content (AvgIpc) is 2.93. The van der Waals surface area contributed by atoms with E-state index < -0.39 is 17.2 Å². The van der Waals surface area contributed by atoms with Gasteiger partial charge in [0, 0.05) is 31.1 Å². The summed E-state index contributed by atoms with van der Waals surface area (Å²) in [6.07, 6.45) is 4.67. The zero-order chi connectivity index (χ0) is 26.8. The minimum Gasteiger partial charge on any atom is -0.466 e. The first-order valence-electron chi connectivity index (χ1n) is 13.9. The van der Waals surface area contributed by atoms with Crippen LogP contribution in [0.3, 0.4) is 0 Å². The number of alkyl halides is 3. The van der Waals surface area contributed by atoms with E-state index in [4.69, 9.17) is 4.74 Å². The van der Waals surface area contributed by atoms with Crippen LogP contribution < -0.4 is 5.32 Å². The van der Waals surface area contributed by atoms with Crippen molar-refractivity contribution in [2.24, 2.45) is 23.2 Å². The van der Waals surface area contributed by atoms with Gasteiger partial charge in [0.05, 0.1) is 17.6 Å². The number of carbonyl (C=O) groups is 2. The fourth-order valence-electron chi connectivity index (χ4n) is 6.80. The summed E-state index contributed by atoms with van der Waals surface area (Å²) in [4.78, 5) is 27.2. The van der Waals surface area contributed by atoms with Crippen molar-refractivity contribution >= 4 is 11.8 Å². The molecule has 0 aromatic rings. The van der Waals surface area contributed by atoms with E-state index >= 15 is 0 Å². The van der Waals surface area contributed by atoms with E-state index in [2.05, 4.69) is 17.1 Å². The van der Waals surface area contributed by atoms with Gasteiger partial charge in [-0.25, -0.2) is 0 Å². The van der Waals surface area contributed by atoms with E-state index in [0.29, 0.717) is 57.0 Å². The number of likely N-dealkylation sites (tertiary alicyclic amines) is 1. The fraction of sp³-hybridized carbons (Fsp3) is 0.724. The lowest BCUT2D eigenvalue weighted by atomic mass is 9.67. The van der Waals surface area contributed by atoms with Crippen LogP contribution in [0.5, 0.6) is 0 Å². The van der Waals surface area contributed by atoms with Crippen molar-refractivity contribution in [3.63, 3.8) is 0 Å². The number of fused-ring (bicyclic) bond motifs is 1. The minimum absolute atomic E-state index is 0.167. The van der Waals surface area contributed by atoms with Crippen LogP contribution in [0.15, 0.2) is 35.1 Å². The lowest BCUT2D eigenvalue weighted by Crippen LogP contribution is -2.48. The first-order chi connectivity index (χ1) is 17.5. The van der Waals surface area contributed by atoms with Gasteiger partial charge in [-0.1, -0.05) is 25.2 Å². The van der Waals surface area contributed by atoms with E-state index in [1.165, 1.54) is 12.2 Å². The number of rotatable bonds is 5. The third-order valence-corrected chi connectivity index (χ3v) is 9.15. The number of nitrogens with one attached hydrogen (secondary N) is 1. The van der Waals surface area contributed by atoms with Gasteiger partial charge in [-0.05, 0) is 88.8 Å². The largest absolute Gasteiger partial charge is 0.466 e. The predicted molar refractivity (Wildman–Crippen MR) is 136 cm³/mol. The van der Waals surface area contributed by atoms with E-state index in [-0.39, 0.29) is 23.7 Å². The number of nitrogens with zero attached hydrogens (tertiary/aromatic N) is 1. The summed E-state index contributed by atoms with van der Waals surface area (Å²) in [6, 6.07) is -0.167. The maximum atomic E-state index is 13.5. The number of carbonyl (C=O) groups excluding carboxylic acids is 2. The number of ketones is 1. The molecule has 0 aromatic heterocycles. The van der Waals surface area contributed by atoms with Crippen LogP contribution in [0.1, 0.15) is 72.1 Å². The lowest BCUT2D eigenvalue weighted by molar-refractivity contribution is -0.159. The number of allylic oxidation sites excluding steroid dienone is 5. The Bertz CT molecular complexity index is 958. The average molecular weight is 523 g/mol. The lowest BCUT2D eigenvalue weighted by Gasteiger charge is -2.47. The van der Waals surface area contributed by atoms with Gasteiger partial charge in [0.25, 0.3) is 0 Å². The van der Waals surface area contributed by atoms with E-state index in [1.807, 2.05) is 13.8 Å². The molecule has 2 fully saturated rings. The normalized spacial score (nSPS) is 33.0. The Morgan fingerprint density at radius 2 is 1.97 bits per heavy atom. The highest BCUT2D eigenvalue weighted by atomic mass is 19.4. The molecule has 2 heterocycles. The van der Waals surface area contributed by atoms with Crippen LogP contribution in [0.25, 0.3) is 0 Å². The Hall–Kier alpha value is -2.09. The Morgan fingerprint density at radius 1 is 1.24 bits per heavy atom. The molecule has 1 saturated heterocycles. The monoisotopic (exact) mass is 522 g/mol. The summed E-state index contributed by atoms with van der Waals surface area (Å²) >= 11 is 0. The van der Waals surface area contributed by atoms with Crippen molar-refractivity contribution in [1.82, 2.24) is 10.2 Å². The molecule has 206 valence electrons. The van der Waals surface area contributed by atoms with Crippen LogP contribution in [-0.2, 0) is 14.3 Å². The highest BCUT2D eigenvalue weighted by molar-refractivity contribution is 5.84. The SMILES string of the molecule is CCOC(=O)C1(CCN2CCC3CC4=C(C/C=C(C(F)(F)F)\C=C/C(C)N4)[C@H](C)C3C2)CCC(=O)CC1. The van der Waals surface area contributed by atoms with Crippen molar-refractivity contribution < 1.29 is 27.5 Å². The van der Waals surface area contributed by atoms with Gasteiger partial charge in [0.15, 0.2) is 0 Å². The summed E-state index contributed by atoms with van der Waals surface area (Å²) in [7, 11) is 0. The molecule has 0 bridgehead atoms. The molecule has 37 heavy (non-hydrogen) atoms. The van der Waals surface area contributed by atoms with Crippen molar-refractivity contribution in [1.29, 1.82) is 0 Å². The molecule has 5 nitrogen and oxygen atoms in total. The fourth-order valence-corrected chi connectivity index (χ4v) is 6.80. The van der Waals surface area contributed by atoms with Crippen molar-refractivity contribution in [2.45, 2.75) is 84.4 Å². The second-order valence-corrected chi connectivity index (χ2v) is 11.5. The van der Waals surface area contributed by atoms with E-state index in [9.17, 15) is 22.8 Å². The molecule has 1 saturated carbocycles. The van der Waals surface area contributed by atoms with Gasteiger partial charge in [0.1, 0.15) is 5.78 Å². The molecule has 3 unspecified atom stereocenters. The smallest absolute Gasteiger partial charge is 0.416 e. The number of piperidine rings is 1. The number of hydrogen-bond acceptors (Lipinski definition) is 5. The van der Waals surface area contributed by atoms with Crippen molar-refractivity contribution in [3.05, 3.63) is 35.1 Å². The number of ether oxygens (including phenoxy) is 1. The van der Waals surface area contributed by atoms with Crippen molar-refractivity contribution in [2.75, 3.05) is 26.2 Å². The number of Topliss-reactive ketones (excluding diaryl/α,β-unsaturated/α-hetero) is 1. The molecule has 4 atom stereocenters. The first kappa shape index (κ1) is 27.9. The maximum Gasteiger partial charge on any atom is 0.416 e. The Kier molecular flexibility index (Phi) is 8.56. The standard InChI is InChI=1S/C29H41F3N2O3/c1-4-37-27(36)28(12-9-23(35)10-13-28)14-16-34-15-11-21-17-26-24(20(3)25(21)18-34)8-7-22(29(30,31)32)6-5-19(2)33-26/h5-7,19-21,25,33H,4,8-18H2,1-3H3/b6-5-,22-7+/t19?,20-,21?,25?/m0/s1. The third kappa shape index (κ3) is 6.32. The highest BCUT2D eigenvalue weighted by Crippen LogP contribution is 2.45. The van der Waals surface area contributed by atoms with Gasteiger partial charge in [-0.15, -0.1) is 0 Å². The van der Waals surface area contributed by atoms with Crippen molar-refractivity contribution in [3.8, 4) is 0 Å². The number of esters is 1. The Balaban J connectivity index is 1.47. The molecule has 2 aliphatic carbocycles. The first-order valence-corrected chi connectivity index (χ1v) is 13.9. The van der Waals surface area contributed by atoms with Crippen LogP contribution >= 0.6 is 0 Å². The summed E-state index contributed by atoms with van der Waals surface area (Å²) in [5, 5.41) is 3.51. The highest BCUT2D eigenvalue weighted by Gasteiger charge is 2.44. The summed E-state index contributed by atoms with van der Waals surface area (Å²) in [5.41, 5.74) is 1.05. The zero-order valence-corrected chi connectivity index (χ0v) is 22.3. The topological polar surface area (TPSA) is 58.6 Å². The minimum atomic E-state index is -4.36. The molecule has 2 aliphatic heterocycles. The molecule has 0 radical (unpaired) electrons. The van der Waals surface area contributed by atoms with Gasteiger partial charge in [0.2, 0.25) is 0 Å². The molecule has 0 spiro atoms. The van der Waals surface area contributed by atoms with Gasteiger partial charge in [-0.2, -0.15) is 13.2 Å². The summed E-state index contributed by atoms with van der Waals surface area (Å²) < 4.78 is 46.0. The Labute approximate surface area is 218 Å². The van der Waals surface area contributed by atoms with Gasteiger partial charge in [-0.3, -0.25) is 9.59 Å². The van der Waals surface area contributed by atoms with Crippen LogP contribution in [0.2, 0.25) is 0 Å². The molecular formula is C29H41F3N2O3. The van der Waals surface area contributed by atoms with Gasteiger partial charge >= 0.3 is 12.1 Å². The second kappa shape index (κ2) is 11.3. The second-order valence-electron chi connectivity index (χ2n) is 11.5. The summed E-state index contributed by atoms with van der Waals surface area (Å²) in [6.45, 7) is 8.81. The molecule has 0 amide bonds. The third-order valence-electron chi connectivity index (χ3n) is 9.15. The van der Waals surface area contributed by atoms with Crippen LogP contribution in [0.4, 0.5) is 13.2 Å². The molecular weight excluding hydrogens is 481 g/mol. The summed E-state index contributed by atoms with van der Waals surface area (Å²) in [5.74, 6) is 1.08. The van der Waals surface area contributed by atoms with E-state index in [0.717, 1.165) is 43.7 Å². The van der Waals surface area contributed by atoms with Crippen LogP contribution in [-0.4, -0.2) is 55.1 Å². The molecule has 8 heteroatoms. The molecule has 4 rings (SSSR count). The predicted octanol–water partition coefficient (Wildman–Crippen LogP) is 5.73. The van der Waals surface area contributed by atoms with Gasteiger partial charge < -0.3 is 15.0 Å². The maximum absolute atomic E-state index is 13.5.